The molecule has 1 amide bonds. The second kappa shape index (κ2) is 5.20. The van der Waals surface area contributed by atoms with E-state index >= 15 is 0 Å². The lowest BCUT2D eigenvalue weighted by Crippen LogP contribution is -2.13. The Hall–Kier alpha value is -2.57. The van der Waals surface area contributed by atoms with E-state index < -0.39 is 17.6 Å². The van der Waals surface area contributed by atoms with Gasteiger partial charge in [0.1, 0.15) is 0 Å². The quantitative estimate of drug-likeness (QED) is 0.889. The number of pyridine rings is 1. The lowest BCUT2D eigenvalue weighted by molar-refractivity contribution is -0.137. The standard InChI is InChI=1S/C13H9F3N2O2/c14-13(15,16)9-5-3-8(4-6-9)12(20)18-11-10(19)2-1-7-17-11/h1-7,19H,(H,17,18,20). The molecule has 2 N–H and O–H groups in total. The number of anilines is 1. The van der Waals surface area contributed by atoms with E-state index in [1.54, 1.807) is 0 Å². The van der Waals surface area contributed by atoms with Crippen molar-refractivity contribution < 1.29 is 23.1 Å². The molecule has 0 radical (unpaired) electrons. The average molecular weight is 282 g/mol. The number of hydrogen-bond acceptors (Lipinski definition) is 3. The first kappa shape index (κ1) is 13.9. The van der Waals surface area contributed by atoms with Crippen molar-refractivity contribution in [3.8, 4) is 5.75 Å². The number of carbonyl (C=O) groups is 1. The number of nitrogens with one attached hydrogen (secondary N) is 1. The third-order valence-electron chi connectivity index (χ3n) is 2.49. The van der Waals surface area contributed by atoms with Crippen LogP contribution in [0.15, 0.2) is 42.6 Å². The van der Waals surface area contributed by atoms with Crippen LogP contribution < -0.4 is 5.32 Å². The second-order valence-corrected chi connectivity index (χ2v) is 3.90. The highest BCUT2D eigenvalue weighted by molar-refractivity contribution is 6.04. The smallest absolute Gasteiger partial charge is 0.416 e. The van der Waals surface area contributed by atoms with Gasteiger partial charge < -0.3 is 10.4 Å². The van der Waals surface area contributed by atoms with Crippen LogP contribution >= 0.6 is 0 Å². The zero-order valence-electron chi connectivity index (χ0n) is 9.98. The Kier molecular flexibility index (Phi) is 3.60. The van der Waals surface area contributed by atoms with Gasteiger partial charge in [-0.2, -0.15) is 13.2 Å². The van der Waals surface area contributed by atoms with Gasteiger partial charge in [-0.3, -0.25) is 4.79 Å². The first-order valence-electron chi connectivity index (χ1n) is 5.50. The van der Waals surface area contributed by atoms with E-state index in [1.165, 1.54) is 18.3 Å². The van der Waals surface area contributed by atoms with Gasteiger partial charge in [0.2, 0.25) is 0 Å². The third-order valence-corrected chi connectivity index (χ3v) is 2.49. The van der Waals surface area contributed by atoms with Crippen molar-refractivity contribution in [2.45, 2.75) is 6.18 Å². The fourth-order valence-corrected chi connectivity index (χ4v) is 1.48. The van der Waals surface area contributed by atoms with Crippen LogP contribution in [0, 0.1) is 0 Å². The van der Waals surface area contributed by atoms with E-state index in [4.69, 9.17) is 0 Å². The number of aromatic nitrogens is 1. The van der Waals surface area contributed by atoms with Crippen LogP contribution in [0.4, 0.5) is 19.0 Å². The SMILES string of the molecule is O=C(Nc1ncccc1O)c1ccc(C(F)(F)F)cc1. The van der Waals surface area contributed by atoms with Crippen molar-refractivity contribution in [2.75, 3.05) is 5.32 Å². The molecule has 1 heterocycles. The summed E-state index contributed by atoms with van der Waals surface area (Å²) in [5, 5.41) is 11.7. The summed E-state index contributed by atoms with van der Waals surface area (Å²) in [5.41, 5.74) is -0.808. The molecule has 1 aromatic heterocycles. The van der Waals surface area contributed by atoms with E-state index in [0.717, 1.165) is 24.3 Å². The number of carbonyl (C=O) groups excluding carboxylic acids is 1. The van der Waals surface area contributed by atoms with Crippen molar-refractivity contribution in [1.82, 2.24) is 4.98 Å². The molecule has 4 nitrogen and oxygen atoms in total. The molecule has 0 aliphatic heterocycles. The topological polar surface area (TPSA) is 62.2 Å². The van der Waals surface area contributed by atoms with Crippen LogP contribution in [0.25, 0.3) is 0 Å². The van der Waals surface area contributed by atoms with Crippen LogP contribution in [-0.2, 0) is 6.18 Å². The number of rotatable bonds is 2. The van der Waals surface area contributed by atoms with Gasteiger partial charge in [0, 0.05) is 11.8 Å². The van der Waals surface area contributed by atoms with E-state index in [0.29, 0.717) is 0 Å². The molecule has 20 heavy (non-hydrogen) atoms. The summed E-state index contributed by atoms with van der Waals surface area (Å²) < 4.78 is 37.1. The predicted octanol–water partition coefficient (Wildman–Crippen LogP) is 3.06. The summed E-state index contributed by atoms with van der Waals surface area (Å²) >= 11 is 0. The Labute approximate surface area is 111 Å². The van der Waals surface area contributed by atoms with Gasteiger partial charge in [-0.25, -0.2) is 4.98 Å². The summed E-state index contributed by atoms with van der Waals surface area (Å²) in [4.78, 5) is 15.5. The van der Waals surface area contributed by atoms with Gasteiger partial charge in [0.05, 0.1) is 5.56 Å². The van der Waals surface area contributed by atoms with Gasteiger partial charge in [-0.05, 0) is 36.4 Å². The molecular formula is C13H9F3N2O2. The minimum Gasteiger partial charge on any atom is -0.504 e. The number of benzene rings is 1. The van der Waals surface area contributed by atoms with Crippen LogP contribution in [0.2, 0.25) is 0 Å². The molecule has 0 unspecified atom stereocenters. The van der Waals surface area contributed by atoms with Crippen molar-refractivity contribution in [3.05, 3.63) is 53.7 Å². The summed E-state index contributed by atoms with van der Waals surface area (Å²) in [6.07, 6.45) is -3.09. The number of amides is 1. The number of alkyl halides is 3. The fraction of sp³-hybridized carbons (Fsp3) is 0.0769. The van der Waals surface area contributed by atoms with Crippen molar-refractivity contribution in [3.63, 3.8) is 0 Å². The van der Waals surface area contributed by atoms with E-state index in [9.17, 15) is 23.1 Å². The number of aromatic hydroxyl groups is 1. The maximum absolute atomic E-state index is 12.4. The molecule has 2 aromatic rings. The van der Waals surface area contributed by atoms with Gasteiger partial charge in [0.15, 0.2) is 11.6 Å². The Bertz CT molecular complexity index is 624. The minimum atomic E-state index is -4.45. The normalized spacial score (nSPS) is 11.2. The highest BCUT2D eigenvalue weighted by Crippen LogP contribution is 2.29. The number of hydrogen-bond donors (Lipinski definition) is 2. The maximum atomic E-state index is 12.4. The first-order chi connectivity index (χ1) is 9.38. The summed E-state index contributed by atoms with van der Waals surface area (Å²) in [6, 6.07) is 6.54. The van der Waals surface area contributed by atoms with E-state index in [2.05, 4.69) is 10.3 Å². The average Bonchev–Trinajstić information content (AvgIpc) is 2.40. The lowest BCUT2D eigenvalue weighted by Gasteiger charge is -2.08. The van der Waals surface area contributed by atoms with Crippen LogP contribution in [0.1, 0.15) is 15.9 Å². The third kappa shape index (κ3) is 3.05. The Morgan fingerprint density at radius 3 is 2.35 bits per heavy atom. The van der Waals surface area contributed by atoms with Crippen LogP contribution in [0.5, 0.6) is 5.75 Å². The predicted molar refractivity (Wildman–Crippen MR) is 65.3 cm³/mol. The van der Waals surface area contributed by atoms with E-state index in [1.807, 2.05) is 0 Å². The number of halogens is 3. The summed E-state index contributed by atoms with van der Waals surface area (Å²) in [5.74, 6) is -0.946. The molecule has 7 heteroatoms. The van der Waals surface area contributed by atoms with Crippen molar-refractivity contribution in [1.29, 1.82) is 0 Å². The minimum absolute atomic E-state index is 0.0306. The molecule has 0 saturated heterocycles. The lowest BCUT2D eigenvalue weighted by atomic mass is 10.1. The molecule has 0 spiro atoms. The van der Waals surface area contributed by atoms with Crippen molar-refractivity contribution >= 4 is 11.7 Å². The maximum Gasteiger partial charge on any atom is 0.416 e. The molecular weight excluding hydrogens is 273 g/mol. The summed E-state index contributed by atoms with van der Waals surface area (Å²) in [6.45, 7) is 0. The molecule has 0 atom stereocenters. The molecule has 0 saturated carbocycles. The molecule has 0 aliphatic carbocycles. The highest BCUT2D eigenvalue weighted by atomic mass is 19.4. The molecule has 0 fully saturated rings. The van der Waals surface area contributed by atoms with Gasteiger partial charge in [-0.1, -0.05) is 0 Å². The zero-order chi connectivity index (χ0) is 14.8. The molecule has 2 rings (SSSR count). The molecule has 0 bridgehead atoms. The van der Waals surface area contributed by atoms with Crippen LogP contribution in [0.3, 0.4) is 0 Å². The highest BCUT2D eigenvalue weighted by Gasteiger charge is 2.30. The van der Waals surface area contributed by atoms with Gasteiger partial charge in [-0.15, -0.1) is 0 Å². The monoisotopic (exact) mass is 282 g/mol. The fourth-order valence-electron chi connectivity index (χ4n) is 1.48. The Morgan fingerprint density at radius 2 is 1.80 bits per heavy atom. The molecule has 1 aromatic carbocycles. The molecule has 104 valence electrons. The Morgan fingerprint density at radius 1 is 1.15 bits per heavy atom. The van der Waals surface area contributed by atoms with Gasteiger partial charge in [0.25, 0.3) is 5.91 Å². The number of nitrogens with zero attached hydrogens (tertiary/aromatic N) is 1. The van der Waals surface area contributed by atoms with E-state index in [-0.39, 0.29) is 17.1 Å². The zero-order valence-corrected chi connectivity index (χ0v) is 9.98. The Balaban J connectivity index is 2.16. The van der Waals surface area contributed by atoms with Gasteiger partial charge >= 0.3 is 6.18 Å². The largest absolute Gasteiger partial charge is 0.504 e. The summed E-state index contributed by atoms with van der Waals surface area (Å²) in [7, 11) is 0. The first-order valence-corrected chi connectivity index (χ1v) is 5.50. The van der Waals surface area contributed by atoms with Crippen molar-refractivity contribution in [2.24, 2.45) is 0 Å². The second-order valence-electron chi connectivity index (χ2n) is 3.90. The molecule has 0 aliphatic rings. The van der Waals surface area contributed by atoms with Crippen LogP contribution in [-0.4, -0.2) is 16.0 Å².